The maximum absolute atomic E-state index is 12.2. The number of ether oxygens (including phenoxy) is 1. The molecule has 2 rings (SSSR count). The van der Waals surface area contributed by atoms with Crippen LogP contribution in [-0.4, -0.2) is 43.5 Å². The minimum Gasteiger partial charge on any atom is -0.495 e. The summed E-state index contributed by atoms with van der Waals surface area (Å²) in [6.07, 6.45) is 4.31. The Balaban J connectivity index is 2.02. The highest BCUT2D eigenvalue weighted by atomic mass is 35.5. The summed E-state index contributed by atoms with van der Waals surface area (Å²) in [5.74, 6) is 0.128. The van der Waals surface area contributed by atoms with Crippen molar-refractivity contribution in [1.82, 2.24) is 9.29 Å². The molecule has 1 heterocycles. The molecule has 1 aromatic carbocycles. The summed E-state index contributed by atoms with van der Waals surface area (Å²) < 4.78 is 30.4. The molecule has 0 unspecified atom stereocenters. The Hall–Kier alpha value is -2.16. The minimum atomic E-state index is -3.47. The van der Waals surface area contributed by atoms with E-state index in [-0.39, 0.29) is 25.4 Å². The molecule has 26 heavy (non-hydrogen) atoms. The number of pyridine rings is 1. The number of nitrogens with one attached hydrogen (secondary N) is 1. The molecule has 0 saturated heterocycles. The van der Waals surface area contributed by atoms with E-state index in [1.54, 1.807) is 42.7 Å². The summed E-state index contributed by atoms with van der Waals surface area (Å²) in [5.41, 5.74) is 1.18. The lowest BCUT2D eigenvalue weighted by atomic mass is 10.2. The molecule has 9 heteroatoms. The maximum atomic E-state index is 12.2. The van der Waals surface area contributed by atoms with E-state index in [2.05, 4.69) is 10.3 Å². The molecule has 0 aliphatic carbocycles. The third-order valence-corrected chi connectivity index (χ3v) is 5.06. The van der Waals surface area contributed by atoms with E-state index in [1.807, 2.05) is 0 Å². The number of hydrogen-bond donors (Lipinski definition) is 1. The Morgan fingerprint density at radius 3 is 2.73 bits per heavy atom. The number of amides is 1. The van der Waals surface area contributed by atoms with Crippen molar-refractivity contribution in [2.75, 3.05) is 25.2 Å². The number of carbonyl (C=O) groups excluding carboxylic acids is 1. The van der Waals surface area contributed by atoms with Gasteiger partial charge in [0, 0.05) is 36.9 Å². The first kappa shape index (κ1) is 20.2. The highest BCUT2D eigenvalue weighted by Crippen LogP contribution is 2.27. The van der Waals surface area contributed by atoms with E-state index in [0.29, 0.717) is 16.5 Å². The number of rotatable bonds is 8. The normalized spacial score (nSPS) is 11.4. The van der Waals surface area contributed by atoms with Crippen LogP contribution in [0.3, 0.4) is 0 Å². The van der Waals surface area contributed by atoms with E-state index in [1.165, 1.54) is 11.4 Å². The van der Waals surface area contributed by atoms with E-state index < -0.39 is 10.0 Å². The second kappa shape index (κ2) is 8.98. The number of sulfonamides is 1. The molecular weight excluding hydrogens is 378 g/mol. The van der Waals surface area contributed by atoms with Gasteiger partial charge in [-0.1, -0.05) is 17.7 Å². The molecule has 2 aromatic rings. The van der Waals surface area contributed by atoms with Crippen LogP contribution in [0.2, 0.25) is 5.02 Å². The predicted octanol–water partition coefficient (Wildman–Crippen LogP) is 2.53. The number of halogens is 1. The van der Waals surface area contributed by atoms with Crippen LogP contribution in [0.5, 0.6) is 5.75 Å². The standard InChI is InChI=1S/C17H20ClN3O4S/c1-25-16-6-5-14(18)10-15(16)20-17(22)7-9-21(26(2,23)24)12-13-4-3-8-19-11-13/h3-6,8,10-11H,7,9,12H2,1-2H3,(H,20,22). The summed E-state index contributed by atoms with van der Waals surface area (Å²) in [4.78, 5) is 16.2. The number of carbonyl (C=O) groups is 1. The van der Waals surface area contributed by atoms with E-state index in [9.17, 15) is 13.2 Å². The van der Waals surface area contributed by atoms with Gasteiger partial charge in [-0.3, -0.25) is 9.78 Å². The van der Waals surface area contributed by atoms with Crippen LogP contribution in [0.25, 0.3) is 0 Å². The van der Waals surface area contributed by atoms with Crippen LogP contribution in [-0.2, 0) is 21.4 Å². The highest BCUT2D eigenvalue weighted by molar-refractivity contribution is 7.88. The topological polar surface area (TPSA) is 88.6 Å². The molecule has 0 saturated carbocycles. The van der Waals surface area contributed by atoms with Gasteiger partial charge in [-0.25, -0.2) is 8.42 Å². The average Bonchev–Trinajstić information content (AvgIpc) is 2.58. The molecule has 7 nitrogen and oxygen atoms in total. The first-order valence-corrected chi connectivity index (χ1v) is 9.99. The molecule has 1 amide bonds. The van der Waals surface area contributed by atoms with Gasteiger partial charge in [-0.15, -0.1) is 0 Å². The zero-order chi connectivity index (χ0) is 19.2. The molecule has 0 aliphatic rings. The van der Waals surface area contributed by atoms with Gasteiger partial charge in [0.15, 0.2) is 0 Å². The number of methoxy groups -OCH3 is 1. The number of hydrogen-bond acceptors (Lipinski definition) is 5. The SMILES string of the molecule is COc1ccc(Cl)cc1NC(=O)CCN(Cc1cccnc1)S(C)(=O)=O. The van der Waals surface area contributed by atoms with E-state index in [4.69, 9.17) is 16.3 Å². The van der Waals surface area contributed by atoms with Crippen LogP contribution in [0, 0.1) is 0 Å². The lowest BCUT2D eigenvalue weighted by Crippen LogP contribution is -2.32. The first-order valence-electron chi connectivity index (χ1n) is 7.77. The molecular formula is C17H20ClN3O4S. The zero-order valence-electron chi connectivity index (χ0n) is 14.5. The van der Waals surface area contributed by atoms with Crippen molar-refractivity contribution in [3.8, 4) is 5.75 Å². The molecule has 0 aliphatic heterocycles. The van der Waals surface area contributed by atoms with Gasteiger partial charge < -0.3 is 10.1 Å². The number of aromatic nitrogens is 1. The summed E-state index contributed by atoms with van der Waals surface area (Å²) in [7, 11) is -1.99. The Morgan fingerprint density at radius 1 is 1.35 bits per heavy atom. The smallest absolute Gasteiger partial charge is 0.225 e. The molecule has 140 valence electrons. The van der Waals surface area contributed by atoms with Crippen molar-refractivity contribution in [3.63, 3.8) is 0 Å². The Labute approximate surface area is 158 Å². The Kier molecular flexibility index (Phi) is 6.96. The summed E-state index contributed by atoms with van der Waals surface area (Å²) in [6.45, 7) is 0.197. The molecule has 0 fully saturated rings. The monoisotopic (exact) mass is 397 g/mol. The quantitative estimate of drug-likeness (QED) is 0.739. The van der Waals surface area contributed by atoms with Gasteiger partial charge in [0.05, 0.1) is 19.1 Å². The molecule has 0 radical (unpaired) electrons. The summed E-state index contributed by atoms with van der Waals surface area (Å²) >= 11 is 5.93. The lowest BCUT2D eigenvalue weighted by Gasteiger charge is -2.19. The fourth-order valence-corrected chi connectivity index (χ4v) is 3.25. The van der Waals surface area contributed by atoms with Crippen molar-refractivity contribution in [2.24, 2.45) is 0 Å². The Bertz CT molecular complexity index is 860. The van der Waals surface area contributed by atoms with Gasteiger partial charge in [-0.2, -0.15) is 4.31 Å². The van der Waals surface area contributed by atoms with Crippen LogP contribution in [0.15, 0.2) is 42.7 Å². The molecule has 0 atom stereocenters. The zero-order valence-corrected chi connectivity index (χ0v) is 16.0. The summed E-state index contributed by atoms with van der Waals surface area (Å²) in [6, 6.07) is 8.37. The van der Waals surface area contributed by atoms with Crippen molar-refractivity contribution in [3.05, 3.63) is 53.3 Å². The van der Waals surface area contributed by atoms with E-state index in [0.717, 1.165) is 11.8 Å². The first-order chi connectivity index (χ1) is 12.3. The average molecular weight is 398 g/mol. The summed E-state index contributed by atoms with van der Waals surface area (Å²) in [5, 5.41) is 3.14. The van der Waals surface area contributed by atoms with Crippen molar-refractivity contribution >= 4 is 33.2 Å². The van der Waals surface area contributed by atoms with Crippen molar-refractivity contribution in [1.29, 1.82) is 0 Å². The molecule has 0 spiro atoms. The van der Waals surface area contributed by atoms with Gasteiger partial charge in [-0.05, 0) is 29.8 Å². The molecule has 1 N–H and O–H groups in total. The van der Waals surface area contributed by atoms with Gasteiger partial charge in [0.1, 0.15) is 5.75 Å². The molecule has 0 bridgehead atoms. The Morgan fingerprint density at radius 2 is 2.12 bits per heavy atom. The largest absolute Gasteiger partial charge is 0.495 e. The number of benzene rings is 1. The van der Waals surface area contributed by atoms with Gasteiger partial charge in [0.2, 0.25) is 15.9 Å². The lowest BCUT2D eigenvalue weighted by molar-refractivity contribution is -0.116. The van der Waals surface area contributed by atoms with Crippen LogP contribution < -0.4 is 10.1 Å². The van der Waals surface area contributed by atoms with Crippen LogP contribution in [0.1, 0.15) is 12.0 Å². The third kappa shape index (κ3) is 5.98. The van der Waals surface area contributed by atoms with Crippen LogP contribution in [0.4, 0.5) is 5.69 Å². The van der Waals surface area contributed by atoms with Crippen molar-refractivity contribution < 1.29 is 17.9 Å². The predicted molar refractivity (Wildman–Crippen MR) is 101 cm³/mol. The third-order valence-electron chi connectivity index (χ3n) is 3.57. The van der Waals surface area contributed by atoms with Gasteiger partial charge in [0.25, 0.3) is 0 Å². The van der Waals surface area contributed by atoms with Crippen molar-refractivity contribution in [2.45, 2.75) is 13.0 Å². The maximum Gasteiger partial charge on any atom is 0.225 e. The van der Waals surface area contributed by atoms with E-state index >= 15 is 0 Å². The second-order valence-electron chi connectivity index (χ2n) is 5.60. The second-order valence-corrected chi connectivity index (χ2v) is 8.02. The fraction of sp³-hybridized carbons (Fsp3) is 0.294. The number of anilines is 1. The van der Waals surface area contributed by atoms with Gasteiger partial charge >= 0.3 is 0 Å². The minimum absolute atomic E-state index is 0.0109. The fourth-order valence-electron chi connectivity index (χ4n) is 2.27. The number of nitrogens with zero attached hydrogens (tertiary/aromatic N) is 2. The molecule has 1 aromatic heterocycles. The van der Waals surface area contributed by atoms with Crippen LogP contribution >= 0.6 is 11.6 Å². The highest BCUT2D eigenvalue weighted by Gasteiger charge is 2.19.